The second-order valence-electron chi connectivity index (χ2n) is 15.7. The Balaban J connectivity index is 1.11. The van der Waals surface area contributed by atoms with E-state index in [0.29, 0.717) is 42.6 Å². The van der Waals surface area contributed by atoms with Crippen molar-refractivity contribution in [1.29, 1.82) is 0 Å². The van der Waals surface area contributed by atoms with Gasteiger partial charge in [-0.2, -0.15) is 4.98 Å². The predicted octanol–water partition coefficient (Wildman–Crippen LogP) is 9.10. The summed E-state index contributed by atoms with van der Waals surface area (Å²) in [5, 5.41) is 0. The highest BCUT2D eigenvalue weighted by Crippen LogP contribution is 2.43. The smallest absolute Gasteiger partial charge is 0.245 e. The lowest BCUT2D eigenvalue weighted by Gasteiger charge is -2.37. The van der Waals surface area contributed by atoms with Gasteiger partial charge in [0.1, 0.15) is 35.8 Å². The second kappa shape index (κ2) is 17.6. The molecule has 0 amide bonds. The molecule has 4 heterocycles. The third-order valence-corrected chi connectivity index (χ3v) is 12.3. The normalized spacial score (nSPS) is 17.0. The van der Waals surface area contributed by atoms with Gasteiger partial charge < -0.3 is 32.8 Å². The van der Waals surface area contributed by atoms with Crippen LogP contribution in [-0.4, -0.2) is 72.2 Å². The van der Waals surface area contributed by atoms with Crippen molar-refractivity contribution in [3.05, 3.63) is 150 Å². The number of oxazole rings is 1. The quantitative estimate of drug-likeness (QED) is 0.0646. The summed E-state index contributed by atoms with van der Waals surface area (Å²) in [5.41, 5.74) is 4.89. The van der Waals surface area contributed by atoms with Gasteiger partial charge >= 0.3 is 0 Å². The molecule has 0 aliphatic carbocycles. The molecule has 8 rings (SSSR count). The van der Waals surface area contributed by atoms with E-state index in [1.807, 2.05) is 95.6 Å². The minimum atomic E-state index is -1.32. The van der Waals surface area contributed by atoms with E-state index in [4.69, 9.17) is 37.8 Å². The Morgan fingerprint density at radius 1 is 0.780 bits per heavy atom. The highest BCUT2D eigenvalue weighted by molar-refractivity contribution is 6.76. The number of rotatable bonds is 17. The Morgan fingerprint density at radius 2 is 1.46 bits per heavy atom. The van der Waals surface area contributed by atoms with Crippen LogP contribution in [0, 0.1) is 0 Å². The summed E-state index contributed by atoms with van der Waals surface area (Å²) in [6.07, 6.45) is 5.68. The number of aromatic nitrogens is 5. The van der Waals surface area contributed by atoms with E-state index < -0.39 is 19.9 Å². The maximum Gasteiger partial charge on any atom is 0.245 e. The number of nitrogens with zero attached hydrogens (tertiary/aromatic N) is 5. The largest absolute Gasteiger partial charge is 0.497 e. The summed E-state index contributed by atoms with van der Waals surface area (Å²) >= 11 is 0. The van der Waals surface area contributed by atoms with Crippen molar-refractivity contribution in [2.45, 2.75) is 62.7 Å². The molecule has 59 heavy (non-hydrogen) atoms. The van der Waals surface area contributed by atoms with Crippen molar-refractivity contribution in [2.24, 2.45) is 0 Å². The highest BCUT2D eigenvalue weighted by Gasteiger charge is 2.43. The molecule has 4 aromatic carbocycles. The molecule has 12 nitrogen and oxygen atoms in total. The molecular weight excluding hydrogens is 763 g/mol. The molecular formula is C46H49N5O7Si. The first kappa shape index (κ1) is 39.9. The molecule has 7 aromatic rings. The average molecular weight is 812 g/mol. The fourth-order valence-corrected chi connectivity index (χ4v) is 8.11. The lowest BCUT2D eigenvalue weighted by Crippen LogP contribution is -2.35. The predicted molar refractivity (Wildman–Crippen MR) is 226 cm³/mol. The van der Waals surface area contributed by atoms with Gasteiger partial charge in [-0.3, -0.25) is 4.57 Å². The summed E-state index contributed by atoms with van der Waals surface area (Å²) < 4.78 is 45.7. The molecule has 0 saturated carbocycles. The van der Waals surface area contributed by atoms with Gasteiger partial charge in [-0.05, 0) is 64.7 Å². The van der Waals surface area contributed by atoms with Crippen molar-refractivity contribution in [1.82, 2.24) is 24.5 Å². The van der Waals surface area contributed by atoms with E-state index in [1.165, 1.54) is 6.33 Å². The van der Waals surface area contributed by atoms with Gasteiger partial charge in [-0.25, -0.2) is 15.0 Å². The van der Waals surface area contributed by atoms with Crippen LogP contribution in [-0.2, 0) is 26.4 Å². The fourth-order valence-electron chi connectivity index (χ4n) is 7.40. The molecule has 1 fully saturated rings. The van der Waals surface area contributed by atoms with Gasteiger partial charge in [0.05, 0.1) is 52.7 Å². The summed E-state index contributed by atoms with van der Waals surface area (Å²) in [4.78, 5) is 18.1. The van der Waals surface area contributed by atoms with Gasteiger partial charge in [0.25, 0.3) is 0 Å². The minimum Gasteiger partial charge on any atom is -0.497 e. The van der Waals surface area contributed by atoms with Gasteiger partial charge in [0, 0.05) is 20.1 Å². The standard InChI is InChI=1S/C46H49N5O7Si/c1-52-37-19-15-35(16-20-37)46(34-9-7-6-8-10-34,36-17-21-38(53-2)22-18-36)57-29-39-27-40(56-28-32-11-13-33(14-12-32)43-47-23-24-54-43)45(58-39)51-31-50-41-42(51)48-30-49-44(41)55-25-26-59(3,4)5/h6-24,30-31,39-40,45H,25-29H2,1-5H3/t39?,40-,45?/m1/s1. The minimum absolute atomic E-state index is 0.237. The molecule has 2 unspecified atom stereocenters. The Labute approximate surface area is 345 Å². The maximum absolute atomic E-state index is 7.28. The Morgan fingerprint density at radius 3 is 2.08 bits per heavy atom. The van der Waals surface area contributed by atoms with Crippen LogP contribution in [0.4, 0.5) is 0 Å². The zero-order valence-electron chi connectivity index (χ0n) is 34.0. The molecule has 0 N–H and O–H groups in total. The SMILES string of the molecule is COc1ccc(C(OCC2C[C@@H](OCc3ccc(-c4ncco4)cc3)C(n3cnc4c(OCC[Si](C)(C)C)ncnc43)O2)(c2ccccc2)c2ccc(OC)cc2)cc1. The molecule has 13 heteroatoms. The number of fused-ring (bicyclic) bond motifs is 1. The number of hydrogen-bond donors (Lipinski definition) is 0. The lowest BCUT2D eigenvalue weighted by atomic mass is 9.80. The van der Waals surface area contributed by atoms with Crippen LogP contribution in [0.1, 0.15) is 34.9 Å². The number of ether oxygens (including phenoxy) is 6. The van der Waals surface area contributed by atoms with Gasteiger partial charge in [-0.15, -0.1) is 0 Å². The van der Waals surface area contributed by atoms with Crippen LogP contribution in [0.2, 0.25) is 25.7 Å². The molecule has 0 bridgehead atoms. The summed E-state index contributed by atoms with van der Waals surface area (Å²) in [5.74, 6) is 2.53. The van der Waals surface area contributed by atoms with Crippen molar-refractivity contribution < 1.29 is 32.8 Å². The number of methoxy groups -OCH3 is 2. The molecule has 3 aromatic heterocycles. The number of benzene rings is 4. The highest BCUT2D eigenvalue weighted by atomic mass is 28.3. The van der Waals surface area contributed by atoms with Gasteiger partial charge in [0.15, 0.2) is 17.4 Å². The van der Waals surface area contributed by atoms with Gasteiger partial charge in [0.2, 0.25) is 11.8 Å². The van der Waals surface area contributed by atoms with E-state index in [0.717, 1.165) is 45.4 Å². The zero-order valence-corrected chi connectivity index (χ0v) is 35.0. The van der Waals surface area contributed by atoms with Crippen molar-refractivity contribution >= 4 is 19.2 Å². The van der Waals surface area contributed by atoms with Crippen LogP contribution in [0.5, 0.6) is 17.4 Å². The van der Waals surface area contributed by atoms with Gasteiger partial charge in [-0.1, -0.05) is 86.4 Å². The Bertz CT molecular complexity index is 2350. The molecule has 1 aliphatic heterocycles. The van der Waals surface area contributed by atoms with Crippen LogP contribution >= 0.6 is 0 Å². The van der Waals surface area contributed by atoms with Crippen LogP contribution in [0.3, 0.4) is 0 Å². The zero-order chi connectivity index (χ0) is 40.8. The first-order valence-corrected chi connectivity index (χ1v) is 23.5. The molecule has 0 radical (unpaired) electrons. The van der Waals surface area contributed by atoms with Crippen molar-refractivity contribution in [3.8, 4) is 28.8 Å². The van der Waals surface area contributed by atoms with Crippen LogP contribution in [0.15, 0.2) is 133 Å². The average Bonchev–Trinajstić information content (AvgIpc) is 4.05. The van der Waals surface area contributed by atoms with E-state index in [1.54, 1.807) is 33.0 Å². The molecule has 3 atom stereocenters. The summed E-state index contributed by atoms with van der Waals surface area (Å²) in [6, 6.07) is 35.3. The summed E-state index contributed by atoms with van der Waals surface area (Å²) in [6.45, 7) is 8.12. The summed E-state index contributed by atoms with van der Waals surface area (Å²) in [7, 11) is 2.00. The first-order valence-electron chi connectivity index (χ1n) is 19.8. The Kier molecular flexibility index (Phi) is 11.9. The fraction of sp³-hybridized carbons (Fsp3) is 0.304. The van der Waals surface area contributed by atoms with Crippen molar-refractivity contribution in [2.75, 3.05) is 27.4 Å². The first-order chi connectivity index (χ1) is 28.7. The third kappa shape index (κ3) is 8.79. The van der Waals surface area contributed by atoms with E-state index >= 15 is 0 Å². The number of imidazole rings is 1. The molecule has 1 aliphatic rings. The van der Waals surface area contributed by atoms with E-state index in [9.17, 15) is 0 Å². The van der Waals surface area contributed by atoms with Crippen LogP contribution in [0.25, 0.3) is 22.6 Å². The molecule has 1 saturated heterocycles. The molecule has 0 spiro atoms. The van der Waals surface area contributed by atoms with E-state index in [2.05, 4.69) is 46.7 Å². The third-order valence-electron chi connectivity index (χ3n) is 10.6. The monoisotopic (exact) mass is 811 g/mol. The van der Waals surface area contributed by atoms with E-state index in [-0.39, 0.29) is 18.8 Å². The second-order valence-corrected chi connectivity index (χ2v) is 21.4. The van der Waals surface area contributed by atoms with Crippen LogP contribution < -0.4 is 14.2 Å². The maximum atomic E-state index is 7.28. The lowest BCUT2D eigenvalue weighted by molar-refractivity contribution is -0.0948. The topological polar surface area (TPSA) is 125 Å². The molecule has 304 valence electrons. The Hall–Kier alpha value is -5.86. The van der Waals surface area contributed by atoms with Crippen molar-refractivity contribution in [3.63, 3.8) is 0 Å². The number of hydrogen-bond acceptors (Lipinski definition) is 11.